The second kappa shape index (κ2) is 25.5. The van der Waals surface area contributed by atoms with Gasteiger partial charge < -0.3 is 28.4 Å². The lowest BCUT2D eigenvalue weighted by atomic mass is 9.91. The van der Waals surface area contributed by atoms with Crippen LogP contribution in [0.5, 0.6) is 0 Å². The van der Waals surface area contributed by atoms with Gasteiger partial charge in [0.15, 0.2) is 11.2 Å². The van der Waals surface area contributed by atoms with Crippen LogP contribution in [0.3, 0.4) is 0 Å². The first kappa shape index (κ1) is 62.6. The maximum absolute atomic E-state index is 7.42. The van der Waals surface area contributed by atoms with E-state index >= 15 is 0 Å². The van der Waals surface area contributed by atoms with E-state index in [0.717, 1.165) is 167 Å². The molecule has 0 spiro atoms. The topological polar surface area (TPSA) is 39.2 Å². The predicted molar refractivity (Wildman–Crippen MR) is 463 cm³/mol. The Morgan fingerprint density at radius 3 is 0.927 bits per heavy atom. The Morgan fingerprint density at radius 1 is 0.155 bits per heavy atom. The molecule has 0 aliphatic heterocycles. The molecule has 20 aromatic carbocycles. The molecule has 0 saturated carbocycles. The van der Waals surface area contributed by atoms with Crippen molar-refractivity contribution in [3.63, 3.8) is 0 Å². The van der Waals surface area contributed by atoms with Gasteiger partial charge in [-0.2, -0.15) is 0 Å². The van der Waals surface area contributed by atoms with Crippen LogP contribution in [0.4, 0.5) is 68.2 Å². The first-order chi connectivity index (χ1) is 54.6. The Labute approximate surface area is 634 Å². The van der Waals surface area contributed by atoms with Crippen LogP contribution in [-0.4, -0.2) is 0 Å². The van der Waals surface area contributed by atoms with Crippen molar-refractivity contribution >= 4 is 177 Å². The van der Waals surface area contributed by atoms with Gasteiger partial charge in [0.25, 0.3) is 0 Å². The zero-order valence-corrected chi connectivity index (χ0v) is 59.7. The van der Waals surface area contributed by atoms with Gasteiger partial charge in [-0.3, -0.25) is 0 Å². The molecule has 0 fully saturated rings. The Kier molecular flexibility index (Phi) is 14.5. The molecule has 6 heteroatoms. The molecule has 0 bridgehead atoms. The summed E-state index contributed by atoms with van der Waals surface area (Å²) >= 11 is 0. The molecule has 0 radical (unpaired) electrons. The van der Waals surface area contributed by atoms with Gasteiger partial charge in [0.05, 0.1) is 45.5 Å². The van der Waals surface area contributed by atoms with Gasteiger partial charge >= 0.3 is 0 Å². The van der Waals surface area contributed by atoms with Gasteiger partial charge in [0.1, 0.15) is 11.2 Å². The molecule has 22 aromatic rings. The van der Waals surface area contributed by atoms with Crippen LogP contribution >= 0.6 is 0 Å². The van der Waals surface area contributed by atoms with Crippen LogP contribution in [0.15, 0.2) is 409 Å². The van der Waals surface area contributed by atoms with E-state index in [-0.39, 0.29) is 0 Å². The first-order valence-corrected chi connectivity index (χ1v) is 37.6. The fourth-order valence-corrected chi connectivity index (χ4v) is 17.7. The van der Waals surface area contributed by atoms with E-state index in [1.165, 1.54) is 43.1 Å². The van der Waals surface area contributed by atoms with Crippen molar-refractivity contribution in [2.45, 2.75) is 0 Å². The summed E-state index contributed by atoms with van der Waals surface area (Å²) in [4.78, 5) is 9.69. The number of hydrogen-bond donors (Lipinski definition) is 0. The minimum absolute atomic E-state index is 0.791. The number of rotatable bonds is 15. The fourth-order valence-electron chi connectivity index (χ4n) is 17.7. The Hall–Kier alpha value is -14.7. The highest BCUT2D eigenvalue weighted by atomic mass is 16.3. The van der Waals surface area contributed by atoms with Gasteiger partial charge in [-0.1, -0.05) is 291 Å². The van der Waals surface area contributed by atoms with Crippen LogP contribution < -0.4 is 19.6 Å². The van der Waals surface area contributed by atoms with Crippen molar-refractivity contribution in [3.8, 4) is 33.4 Å². The molecule has 110 heavy (non-hydrogen) atoms. The average molecular weight is 1400 g/mol. The minimum Gasteiger partial charge on any atom is -0.454 e. The first-order valence-electron chi connectivity index (χ1n) is 37.6. The summed E-state index contributed by atoms with van der Waals surface area (Å²) in [5.41, 5.74) is 22.5. The molecule has 0 N–H and O–H groups in total. The van der Waals surface area contributed by atoms with Gasteiger partial charge in [-0.25, -0.2) is 0 Å². The number of furan rings is 2. The highest BCUT2D eigenvalue weighted by Crippen LogP contribution is 2.55. The van der Waals surface area contributed by atoms with Crippen molar-refractivity contribution in [2.75, 3.05) is 19.6 Å². The van der Waals surface area contributed by atoms with Crippen molar-refractivity contribution in [3.05, 3.63) is 400 Å². The minimum atomic E-state index is 0.791. The summed E-state index contributed by atoms with van der Waals surface area (Å²) in [6, 6.07) is 145. The smallest absolute Gasteiger partial charge is 0.159 e. The Morgan fingerprint density at radius 2 is 0.464 bits per heavy atom. The van der Waals surface area contributed by atoms with E-state index in [4.69, 9.17) is 8.83 Å². The molecule has 2 aromatic heterocycles. The third-order valence-electron chi connectivity index (χ3n) is 22.5. The summed E-state index contributed by atoms with van der Waals surface area (Å²) in [7, 11) is 0. The van der Waals surface area contributed by atoms with E-state index in [9.17, 15) is 0 Å². The largest absolute Gasteiger partial charge is 0.454 e. The Bertz CT molecular complexity index is 7240. The standard InChI is InChI=1S/C104H66N4O2/c1-6-25-67(26-7-1)78-35-16-19-41-88(78)107(94-43-22-39-82-81-37-18-21-45-96(81)109-103(82)94)92-65-55-72-52-62-86-93(66-56-73-51-61-85(92)100(72)101(73)86)108(89-42-20-17-36-79(89)68-27-8-2-9-28-68)95-44-23-40-87-102-80(38-24-46-97(102)110-104(87)95)69-47-57-77(58-48-69)106(76-33-14-5-15-34-76)91-64-54-71-49-59-83-90(63-53-70-50-60-84(91)99(71)98(70)83)105(74-29-10-3-11-30-74)75-31-12-4-13-32-75/h1-66H. The fraction of sp³-hybridized carbons (Fsp3) is 0. The van der Waals surface area contributed by atoms with E-state index in [1.54, 1.807) is 0 Å². The maximum Gasteiger partial charge on any atom is 0.159 e. The zero-order chi connectivity index (χ0) is 72.3. The molecule has 0 aliphatic rings. The number of benzene rings is 20. The Balaban J connectivity index is 0.698. The van der Waals surface area contributed by atoms with Crippen LogP contribution in [-0.2, 0) is 0 Å². The summed E-state index contributed by atoms with van der Waals surface area (Å²) in [5.74, 6) is 0. The summed E-state index contributed by atoms with van der Waals surface area (Å²) in [5, 5.41) is 18.4. The van der Waals surface area contributed by atoms with E-state index in [0.29, 0.717) is 0 Å². The van der Waals surface area contributed by atoms with E-state index in [2.05, 4.69) is 414 Å². The van der Waals surface area contributed by atoms with E-state index < -0.39 is 0 Å². The maximum atomic E-state index is 7.42. The van der Waals surface area contributed by atoms with Crippen LogP contribution in [0.1, 0.15) is 0 Å². The number of hydrogen-bond acceptors (Lipinski definition) is 6. The molecule has 22 rings (SSSR count). The normalized spacial score (nSPS) is 11.8. The molecule has 514 valence electrons. The summed E-state index contributed by atoms with van der Waals surface area (Å²) < 4.78 is 14.4. The van der Waals surface area contributed by atoms with Crippen LogP contribution in [0.25, 0.3) is 142 Å². The number of fused-ring (bicyclic) bond motifs is 6. The molecule has 0 atom stereocenters. The van der Waals surface area contributed by atoms with Crippen LogP contribution in [0.2, 0.25) is 0 Å². The lowest BCUT2D eigenvalue weighted by Gasteiger charge is -2.31. The number of nitrogens with zero attached hydrogens (tertiary/aromatic N) is 4. The monoisotopic (exact) mass is 1400 g/mol. The highest BCUT2D eigenvalue weighted by molar-refractivity contribution is 6.31. The number of para-hydroxylation sites is 8. The molecule has 6 nitrogen and oxygen atoms in total. The number of anilines is 12. The SMILES string of the molecule is c1ccc(-c2ccccc2N(c2ccc3ccc4c(N(c5ccccc5-c5ccccc5)c5cccc6c5oc5cccc(-c7ccc(N(c8ccccc8)c8ccc9ccc%10c(N(c%11ccccc%11)c%11ccccc%11)ccc%11ccc8c9c%11%10)cc7)c56)ccc5ccc2c3c54)c2cccc3c2oc2ccccc23)cc1. The zero-order valence-electron chi connectivity index (χ0n) is 59.7. The van der Waals surface area contributed by atoms with Crippen LogP contribution in [0, 0.1) is 0 Å². The molecular formula is C104H66N4O2. The molecule has 0 saturated heterocycles. The van der Waals surface area contributed by atoms with Crippen molar-refractivity contribution in [2.24, 2.45) is 0 Å². The van der Waals surface area contributed by atoms with Gasteiger partial charge in [-0.15, -0.1) is 0 Å². The molecule has 0 aliphatic carbocycles. The van der Waals surface area contributed by atoms with Crippen molar-refractivity contribution in [1.82, 2.24) is 0 Å². The lowest BCUT2D eigenvalue weighted by molar-refractivity contribution is 0.669. The average Bonchev–Trinajstić information content (AvgIpc) is 0.799. The lowest BCUT2D eigenvalue weighted by Crippen LogP contribution is -2.13. The third kappa shape index (κ3) is 9.97. The quantitative estimate of drug-likeness (QED) is 0.0953. The van der Waals surface area contributed by atoms with Gasteiger partial charge in [0.2, 0.25) is 0 Å². The third-order valence-corrected chi connectivity index (χ3v) is 22.5. The summed E-state index contributed by atoms with van der Waals surface area (Å²) in [6.45, 7) is 0. The predicted octanol–water partition coefficient (Wildman–Crippen LogP) is 30.2. The second-order valence-electron chi connectivity index (χ2n) is 28.5. The molecule has 0 unspecified atom stereocenters. The highest BCUT2D eigenvalue weighted by Gasteiger charge is 2.30. The molecule has 0 amide bonds. The van der Waals surface area contributed by atoms with Gasteiger partial charge in [-0.05, 0) is 175 Å². The molecular weight excluding hydrogens is 1340 g/mol. The van der Waals surface area contributed by atoms with Gasteiger partial charge in [0, 0.05) is 77.0 Å². The van der Waals surface area contributed by atoms with Crippen molar-refractivity contribution < 1.29 is 8.83 Å². The van der Waals surface area contributed by atoms with E-state index in [1.807, 2.05) is 6.07 Å². The summed E-state index contributed by atoms with van der Waals surface area (Å²) in [6.07, 6.45) is 0. The molecule has 2 heterocycles. The second-order valence-corrected chi connectivity index (χ2v) is 28.5. The van der Waals surface area contributed by atoms with Crippen molar-refractivity contribution in [1.29, 1.82) is 0 Å².